The molecular formula is C20H30N2OS. The molecule has 2 aliphatic rings. The Kier molecular flexibility index (Phi) is 6.50. The third-order valence-corrected chi connectivity index (χ3v) is 5.72. The largest absolute Gasteiger partial charge is 0.371 e. The number of nitrogens with zero attached hydrogens (tertiary/aromatic N) is 2. The zero-order valence-corrected chi connectivity index (χ0v) is 15.7. The molecule has 1 saturated carbocycles. The quantitative estimate of drug-likeness (QED) is 0.747. The molecule has 1 aromatic rings. The normalized spacial score (nSPS) is 19.5. The molecule has 0 aromatic heterocycles. The van der Waals surface area contributed by atoms with Crippen molar-refractivity contribution in [1.29, 1.82) is 0 Å². The highest BCUT2D eigenvalue weighted by Crippen LogP contribution is 2.23. The highest BCUT2D eigenvalue weighted by atomic mass is 32.1. The van der Waals surface area contributed by atoms with E-state index in [1.165, 1.54) is 43.4 Å². The van der Waals surface area contributed by atoms with Crippen molar-refractivity contribution in [3.63, 3.8) is 0 Å². The molecule has 3 nitrogen and oxygen atoms in total. The predicted molar refractivity (Wildman–Crippen MR) is 105 cm³/mol. The molecule has 1 aromatic carbocycles. The Bertz CT molecular complexity index is 534. The van der Waals surface area contributed by atoms with Crippen molar-refractivity contribution in [1.82, 2.24) is 4.90 Å². The molecule has 0 spiro atoms. The van der Waals surface area contributed by atoms with Crippen LogP contribution in [0.25, 0.3) is 0 Å². The highest BCUT2D eigenvalue weighted by molar-refractivity contribution is 7.80. The van der Waals surface area contributed by atoms with E-state index >= 15 is 0 Å². The summed E-state index contributed by atoms with van der Waals surface area (Å²) in [7, 11) is 0. The van der Waals surface area contributed by atoms with Crippen molar-refractivity contribution in [3.8, 4) is 0 Å². The van der Waals surface area contributed by atoms with Gasteiger partial charge in [0.25, 0.3) is 0 Å². The fourth-order valence-corrected chi connectivity index (χ4v) is 4.08. The van der Waals surface area contributed by atoms with Gasteiger partial charge in [-0.25, -0.2) is 0 Å². The van der Waals surface area contributed by atoms with Gasteiger partial charge in [0.2, 0.25) is 0 Å². The number of hydrogen-bond acceptors (Lipinski definition) is 3. The number of para-hydroxylation sites is 1. The number of aryl methyl sites for hydroxylation is 1. The zero-order chi connectivity index (χ0) is 16.8. The smallest absolute Gasteiger partial charge is 0.104 e. The van der Waals surface area contributed by atoms with Gasteiger partial charge in [0.1, 0.15) is 4.99 Å². The summed E-state index contributed by atoms with van der Waals surface area (Å²) in [5.74, 6) is 0. The zero-order valence-electron chi connectivity index (χ0n) is 14.9. The van der Waals surface area contributed by atoms with Crippen molar-refractivity contribution in [2.45, 2.75) is 51.6 Å². The Balaban J connectivity index is 1.46. The molecule has 0 bridgehead atoms. The Morgan fingerprint density at radius 2 is 1.79 bits per heavy atom. The minimum atomic E-state index is 0.439. The van der Waals surface area contributed by atoms with Gasteiger partial charge < -0.3 is 14.5 Å². The lowest BCUT2D eigenvalue weighted by atomic mass is 9.98. The summed E-state index contributed by atoms with van der Waals surface area (Å²) in [6, 6.07) is 8.77. The van der Waals surface area contributed by atoms with Gasteiger partial charge >= 0.3 is 0 Å². The van der Waals surface area contributed by atoms with Gasteiger partial charge in [-0.2, -0.15) is 0 Å². The summed E-state index contributed by atoms with van der Waals surface area (Å²) in [5.41, 5.74) is 2.83. The van der Waals surface area contributed by atoms with E-state index in [1.807, 2.05) is 0 Å². The lowest BCUT2D eigenvalue weighted by Crippen LogP contribution is -2.49. The summed E-state index contributed by atoms with van der Waals surface area (Å²) in [5, 5.41) is 0. The molecule has 0 unspecified atom stereocenters. The number of benzene rings is 1. The first-order chi connectivity index (χ1) is 11.8. The van der Waals surface area contributed by atoms with Crippen LogP contribution in [0.5, 0.6) is 0 Å². The second-order valence-corrected chi connectivity index (χ2v) is 7.39. The maximum atomic E-state index is 6.05. The van der Waals surface area contributed by atoms with Crippen LogP contribution in [0.4, 0.5) is 5.69 Å². The molecule has 132 valence electrons. The number of ether oxygens (including phenoxy) is 1. The van der Waals surface area contributed by atoms with E-state index in [4.69, 9.17) is 17.0 Å². The topological polar surface area (TPSA) is 15.7 Å². The van der Waals surface area contributed by atoms with Crippen LogP contribution in [-0.2, 0) is 11.2 Å². The number of rotatable bonds is 5. The van der Waals surface area contributed by atoms with Crippen molar-refractivity contribution in [2.24, 2.45) is 0 Å². The first-order valence-electron chi connectivity index (χ1n) is 9.50. The van der Waals surface area contributed by atoms with Gasteiger partial charge in [0.15, 0.2) is 0 Å². The molecule has 0 amide bonds. The van der Waals surface area contributed by atoms with Crippen molar-refractivity contribution in [3.05, 3.63) is 29.8 Å². The first-order valence-corrected chi connectivity index (χ1v) is 9.91. The number of thiocarbonyl (C=S) groups is 1. The average Bonchev–Trinajstić information content (AvgIpc) is 2.67. The first kappa shape index (κ1) is 17.7. The van der Waals surface area contributed by atoms with Gasteiger partial charge in [-0.1, -0.05) is 56.6 Å². The Morgan fingerprint density at radius 3 is 2.50 bits per heavy atom. The van der Waals surface area contributed by atoms with Gasteiger partial charge in [-0.05, 0) is 30.9 Å². The molecule has 1 heterocycles. The molecule has 0 radical (unpaired) electrons. The average molecular weight is 347 g/mol. The van der Waals surface area contributed by atoms with Crippen LogP contribution >= 0.6 is 12.2 Å². The SMILES string of the molecule is CCc1ccccc1N1CCN(C(=S)COC2CCCCC2)CC1. The molecular weight excluding hydrogens is 316 g/mol. The van der Waals surface area contributed by atoms with Crippen LogP contribution in [-0.4, -0.2) is 48.8 Å². The maximum absolute atomic E-state index is 6.05. The molecule has 0 N–H and O–H groups in total. The summed E-state index contributed by atoms with van der Waals surface area (Å²) in [6.07, 6.45) is 7.94. The fraction of sp³-hybridized carbons (Fsp3) is 0.650. The van der Waals surface area contributed by atoms with E-state index in [0.29, 0.717) is 12.7 Å². The summed E-state index contributed by atoms with van der Waals surface area (Å²) in [6.45, 7) is 6.95. The number of piperazine rings is 1. The molecule has 0 atom stereocenters. The maximum Gasteiger partial charge on any atom is 0.104 e. The monoisotopic (exact) mass is 346 g/mol. The summed E-state index contributed by atoms with van der Waals surface area (Å²) in [4.78, 5) is 5.83. The van der Waals surface area contributed by atoms with Gasteiger partial charge in [0, 0.05) is 31.9 Å². The number of anilines is 1. The van der Waals surface area contributed by atoms with Gasteiger partial charge in [0.05, 0.1) is 12.7 Å². The van der Waals surface area contributed by atoms with E-state index in [1.54, 1.807) is 0 Å². The van der Waals surface area contributed by atoms with Crippen molar-refractivity contribution >= 4 is 22.9 Å². The molecule has 2 fully saturated rings. The highest BCUT2D eigenvalue weighted by Gasteiger charge is 2.21. The summed E-state index contributed by atoms with van der Waals surface area (Å²) < 4.78 is 6.05. The Labute approximate surface area is 152 Å². The second kappa shape index (κ2) is 8.82. The van der Waals surface area contributed by atoms with E-state index in [2.05, 4.69) is 41.0 Å². The standard InChI is InChI=1S/C20H30N2OS/c1-2-17-8-6-7-11-19(17)21-12-14-22(15-13-21)20(24)16-23-18-9-4-3-5-10-18/h6-8,11,18H,2-5,9-10,12-16H2,1H3. The fourth-order valence-electron chi connectivity index (χ4n) is 3.83. The lowest BCUT2D eigenvalue weighted by Gasteiger charge is -2.38. The Hall–Kier alpha value is -1.13. The molecule has 3 rings (SSSR count). The van der Waals surface area contributed by atoms with E-state index in [0.717, 1.165) is 37.6 Å². The molecule has 24 heavy (non-hydrogen) atoms. The lowest BCUT2D eigenvalue weighted by molar-refractivity contribution is 0.0497. The number of hydrogen-bond donors (Lipinski definition) is 0. The van der Waals surface area contributed by atoms with Crippen molar-refractivity contribution < 1.29 is 4.74 Å². The molecule has 1 aliphatic heterocycles. The van der Waals surface area contributed by atoms with Crippen LogP contribution in [0.3, 0.4) is 0 Å². The molecule has 4 heteroatoms. The van der Waals surface area contributed by atoms with Crippen LogP contribution in [0.2, 0.25) is 0 Å². The Morgan fingerprint density at radius 1 is 1.08 bits per heavy atom. The van der Waals surface area contributed by atoms with E-state index in [9.17, 15) is 0 Å². The predicted octanol–water partition coefficient (Wildman–Crippen LogP) is 4.05. The molecule has 1 saturated heterocycles. The minimum Gasteiger partial charge on any atom is -0.371 e. The van der Waals surface area contributed by atoms with E-state index in [-0.39, 0.29) is 0 Å². The van der Waals surface area contributed by atoms with Crippen LogP contribution in [0.1, 0.15) is 44.6 Å². The van der Waals surface area contributed by atoms with E-state index < -0.39 is 0 Å². The van der Waals surface area contributed by atoms with Crippen LogP contribution < -0.4 is 4.90 Å². The van der Waals surface area contributed by atoms with Crippen LogP contribution in [0.15, 0.2) is 24.3 Å². The van der Waals surface area contributed by atoms with Crippen molar-refractivity contribution in [2.75, 3.05) is 37.7 Å². The second-order valence-electron chi connectivity index (χ2n) is 6.92. The van der Waals surface area contributed by atoms with Gasteiger partial charge in [-0.3, -0.25) is 0 Å². The third kappa shape index (κ3) is 4.48. The third-order valence-electron chi connectivity index (χ3n) is 5.34. The molecule has 1 aliphatic carbocycles. The minimum absolute atomic E-state index is 0.439. The van der Waals surface area contributed by atoms with Gasteiger partial charge in [-0.15, -0.1) is 0 Å². The summed E-state index contributed by atoms with van der Waals surface area (Å²) >= 11 is 5.63. The van der Waals surface area contributed by atoms with Crippen LogP contribution in [0, 0.1) is 0 Å².